The fourth-order valence-electron chi connectivity index (χ4n) is 4.82. The summed E-state index contributed by atoms with van der Waals surface area (Å²) in [5.41, 5.74) is 9.86. The number of hydrogen-bond donors (Lipinski definition) is 2. The zero-order valence-electron chi connectivity index (χ0n) is 16.9. The molecule has 1 spiro atoms. The van der Waals surface area contributed by atoms with Crippen molar-refractivity contribution in [3.63, 3.8) is 0 Å². The number of pyridine rings is 1. The Kier molecular flexibility index (Phi) is 5.73. The number of rotatable bonds is 3. The van der Waals surface area contributed by atoms with Gasteiger partial charge in [-0.25, -0.2) is 9.97 Å². The van der Waals surface area contributed by atoms with Crippen LogP contribution < -0.4 is 10.6 Å². The summed E-state index contributed by atoms with van der Waals surface area (Å²) in [4.78, 5) is 16.1. The van der Waals surface area contributed by atoms with Gasteiger partial charge in [0.05, 0.1) is 33.7 Å². The molecule has 0 aromatic carbocycles. The van der Waals surface area contributed by atoms with Crippen molar-refractivity contribution in [2.24, 2.45) is 11.1 Å². The molecule has 1 atom stereocenters. The molecular formula is C21H27Cl2N5O. The lowest BCUT2D eigenvalue weighted by Gasteiger charge is -2.42. The Labute approximate surface area is 181 Å². The number of anilines is 1. The third-order valence-corrected chi connectivity index (χ3v) is 7.65. The van der Waals surface area contributed by atoms with E-state index in [4.69, 9.17) is 38.9 Å². The molecule has 0 radical (unpaired) electrons. The number of nitrogens with two attached hydrogens (primary N) is 1. The molecule has 0 unspecified atom stereocenters. The van der Waals surface area contributed by atoms with E-state index in [0.717, 1.165) is 43.9 Å². The summed E-state index contributed by atoms with van der Waals surface area (Å²) in [5, 5.41) is 10.8. The minimum Gasteiger partial charge on any atom is -0.390 e. The van der Waals surface area contributed by atoms with Crippen molar-refractivity contribution in [2.45, 2.75) is 58.6 Å². The number of piperidine rings is 1. The van der Waals surface area contributed by atoms with E-state index in [1.165, 1.54) is 12.8 Å². The maximum absolute atomic E-state index is 10.0. The van der Waals surface area contributed by atoms with Gasteiger partial charge >= 0.3 is 0 Å². The van der Waals surface area contributed by atoms with Gasteiger partial charge in [-0.05, 0) is 44.9 Å². The second-order valence-electron chi connectivity index (χ2n) is 8.32. The average Bonchev–Trinajstić information content (AvgIpc) is 3.07. The van der Waals surface area contributed by atoms with Crippen LogP contribution in [-0.2, 0) is 6.61 Å². The summed E-state index contributed by atoms with van der Waals surface area (Å²) in [6.45, 7) is 5.27. The fourth-order valence-corrected chi connectivity index (χ4v) is 5.25. The molecule has 1 aliphatic carbocycles. The molecule has 1 aliphatic heterocycles. The molecular weight excluding hydrogens is 409 g/mol. The van der Waals surface area contributed by atoms with Crippen LogP contribution in [0.15, 0.2) is 6.20 Å². The van der Waals surface area contributed by atoms with Crippen molar-refractivity contribution in [3.8, 4) is 11.3 Å². The molecule has 3 heterocycles. The van der Waals surface area contributed by atoms with E-state index < -0.39 is 0 Å². The molecule has 1 saturated heterocycles. The van der Waals surface area contributed by atoms with Crippen molar-refractivity contribution in [1.29, 1.82) is 0 Å². The summed E-state index contributed by atoms with van der Waals surface area (Å²) in [7, 11) is 0. The lowest BCUT2D eigenvalue weighted by molar-refractivity contribution is 0.196. The third-order valence-electron chi connectivity index (χ3n) is 6.70. The van der Waals surface area contributed by atoms with Crippen LogP contribution in [0.2, 0.25) is 10.0 Å². The molecule has 0 bridgehead atoms. The van der Waals surface area contributed by atoms with Gasteiger partial charge in [-0.2, -0.15) is 0 Å². The summed E-state index contributed by atoms with van der Waals surface area (Å²) < 4.78 is 0. The van der Waals surface area contributed by atoms with Gasteiger partial charge in [-0.3, -0.25) is 4.98 Å². The monoisotopic (exact) mass is 435 g/mol. The van der Waals surface area contributed by atoms with E-state index in [1.54, 1.807) is 13.1 Å². The number of aliphatic hydroxyl groups is 1. The molecule has 8 heteroatoms. The van der Waals surface area contributed by atoms with E-state index in [-0.39, 0.29) is 12.0 Å². The highest BCUT2D eigenvalue weighted by molar-refractivity contribution is 6.44. The number of aryl methyl sites for hydroxylation is 2. The largest absolute Gasteiger partial charge is 0.390 e. The van der Waals surface area contributed by atoms with Gasteiger partial charge in [0.2, 0.25) is 0 Å². The van der Waals surface area contributed by atoms with Crippen LogP contribution in [0.4, 0.5) is 5.82 Å². The normalized spacial score (nSPS) is 21.2. The molecule has 2 aliphatic rings. The van der Waals surface area contributed by atoms with E-state index in [9.17, 15) is 5.11 Å². The quantitative estimate of drug-likeness (QED) is 0.755. The van der Waals surface area contributed by atoms with Crippen molar-refractivity contribution >= 4 is 29.0 Å². The second kappa shape index (κ2) is 7.99. The summed E-state index contributed by atoms with van der Waals surface area (Å²) >= 11 is 12.7. The Morgan fingerprint density at radius 3 is 2.48 bits per heavy atom. The Morgan fingerprint density at radius 2 is 1.86 bits per heavy atom. The van der Waals surface area contributed by atoms with Gasteiger partial charge < -0.3 is 15.7 Å². The van der Waals surface area contributed by atoms with Crippen molar-refractivity contribution < 1.29 is 5.11 Å². The fraction of sp³-hybridized carbons (Fsp3) is 0.571. The van der Waals surface area contributed by atoms with E-state index in [0.29, 0.717) is 38.7 Å². The highest BCUT2D eigenvalue weighted by Gasteiger charge is 2.43. The van der Waals surface area contributed by atoms with Crippen LogP contribution in [0, 0.1) is 19.3 Å². The SMILES string of the molecule is Cc1nc(N2CCC3(CCC[C@H]3N)CC2)c(CO)nc1-c1cnc(C)c(Cl)c1Cl. The molecule has 4 rings (SSSR count). The molecule has 2 fully saturated rings. The molecule has 6 nitrogen and oxygen atoms in total. The van der Waals surface area contributed by atoms with Gasteiger partial charge in [0.25, 0.3) is 0 Å². The molecule has 0 amide bonds. The van der Waals surface area contributed by atoms with Crippen molar-refractivity contribution in [3.05, 3.63) is 33.3 Å². The summed E-state index contributed by atoms with van der Waals surface area (Å²) in [5.74, 6) is 0.748. The first-order chi connectivity index (χ1) is 13.9. The third kappa shape index (κ3) is 3.61. The molecule has 3 N–H and O–H groups in total. The minimum atomic E-state index is -0.193. The van der Waals surface area contributed by atoms with Crippen LogP contribution in [0.1, 0.15) is 49.2 Å². The lowest BCUT2D eigenvalue weighted by Crippen LogP contribution is -2.47. The first kappa shape index (κ1) is 20.8. The van der Waals surface area contributed by atoms with Crippen LogP contribution >= 0.6 is 23.2 Å². The van der Waals surface area contributed by atoms with Gasteiger partial charge in [0, 0.05) is 30.9 Å². The first-order valence-electron chi connectivity index (χ1n) is 10.2. The highest BCUT2D eigenvalue weighted by atomic mass is 35.5. The average molecular weight is 436 g/mol. The summed E-state index contributed by atoms with van der Waals surface area (Å²) in [6, 6.07) is 0.304. The number of aliphatic hydroxyl groups excluding tert-OH is 1. The van der Waals surface area contributed by atoms with Crippen molar-refractivity contribution in [2.75, 3.05) is 18.0 Å². The predicted octanol–water partition coefficient (Wildman–Crippen LogP) is 4.05. The van der Waals surface area contributed by atoms with Crippen LogP contribution in [0.3, 0.4) is 0 Å². The smallest absolute Gasteiger partial charge is 0.153 e. The Bertz CT molecular complexity index is 928. The second-order valence-corrected chi connectivity index (χ2v) is 9.08. The highest BCUT2D eigenvalue weighted by Crippen LogP contribution is 2.46. The maximum atomic E-state index is 10.0. The molecule has 2 aromatic rings. The first-order valence-corrected chi connectivity index (χ1v) is 10.9. The molecule has 156 valence electrons. The topological polar surface area (TPSA) is 88.2 Å². The van der Waals surface area contributed by atoms with Gasteiger partial charge in [0.15, 0.2) is 5.82 Å². The maximum Gasteiger partial charge on any atom is 0.153 e. The van der Waals surface area contributed by atoms with Crippen LogP contribution in [0.5, 0.6) is 0 Å². The molecule has 1 saturated carbocycles. The zero-order chi connectivity index (χ0) is 20.8. The van der Waals surface area contributed by atoms with Gasteiger partial charge in [-0.1, -0.05) is 29.6 Å². The van der Waals surface area contributed by atoms with E-state index >= 15 is 0 Å². The molecule has 29 heavy (non-hydrogen) atoms. The number of nitrogens with zero attached hydrogens (tertiary/aromatic N) is 4. The Balaban J connectivity index is 1.65. The van der Waals surface area contributed by atoms with Crippen molar-refractivity contribution in [1.82, 2.24) is 15.0 Å². The van der Waals surface area contributed by atoms with Crippen LogP contribution in [-0.4, -0.2) is 39.2 Å². The van der Waals surface area contributed by atoms with Gasteiger partial charge in [-0.15, -0.1) is 0 Å². The Morgan fingerprint density at radius 1 is 1.14 bits per heavy atom. The predicted molar refractivity (Wildman–Crippen MR) is 116 cm³/mol. The van der Waals surface area contributed by atoms with Crippen LogP contribution in [0.25, 0.3) is 11.3 Å². The number of aromatic nitrogens is 3. The standard InChI is InChI=1S/C21H27Cl2N5O/c1-12-17(22)18(23)14(10-25-12)19-13(2)26-20(15(11-29)27-19)28-8-6-21(7-9-28)5-3-4-16(21)24/h10,16,29H,3-9,11,24H2,1-2H3/t16-/m1/s1. The zero-order valence-corrected chi connectivity index (χ0v) is 18.4. The summed E-state index contributed by atoms with van der Waals surface area (Å²) in [6.07, 6.45) is 7.36. The molecule has 2 aromatic heterocycles. The lowest BCUT2D eigenvalue weighted by atomic mass is 9.74. The Hall–Kier alpha value is -1.47. The minimum absolute atomic E-state index is 0.193. The van der Waals surface area contributed by atoms with Gasteiger partial charge in [0.1, 0.15) is 5.69 Å². The van der Waals surface area contributed by atoms with E-state index in [1.807, 2.05) is 6.92 Å². The number of hydrogen-bond acceptors (Lipinski definition) is 6. The van der Waals surface area contributed by atoms with E-state index in [2.05, 4.69) is 9.88 Å². The number of halogens is 2.